The Morgan fingerprint density at radius 3 is 2.46 bits per heavy atom. The van der Waals surface area contributed by atoms with Crippen LogP contribution in [0, 0.1) is 11.8 Å². The zero-order chi connectivity index (χ0) is 27.1. The quantitative estimate of drug-likeness (QED) is 0.340. The number of carbonyl (C=O) groups is 4. The van der Waals surface area contributed by atoms with Crippen molar-refractivity contribution in [2.45, 2.75) is 24.5 Å². The molecule has 2 amide bonds. The minimum absolute atomic E-state index is 0.0489. The lowest BCUT2D eigenvalue weighted by Gasteiger charge is -2.50. The maximum absolute atomic E-state index is 14.0. The zero-order valence-corrected chi connectivity index (χ0v) is 20.8. The van der Waals surface area contributed by atoms with Crippen LogP contribution in [0.15, 0.2) is 28.7 Å². The van der Waals surface area contributed by atoms with Crippen LogP contribution in [0.2, 0.25) is 0 Å². The molecule has 1 aromatic carbocycles. The molecule has 2 unspecified atom stereocenters. The Morgan fingerprint density at radius 2 is 1.86 bits per heavy atom. The van der Waals surface area contributed by atoms with E-state index in [-0.39, 0.29) is 42.2 Å². The van der Waals surface area contributed by atoms with E-state index in [2.05, 4.69) is 5.32 Å². The number of likely N-dealkylation sites (N-methyl/N-ethyl adjacent to an activating group) is 1. The number of ketones is 2. The zero-order valence-electron chi connectivity index (χ0n) is 20.8. The molecule has 0 bridgehead atoms. The Bertz CT molecular complexity index is 1360. The van der Waals surface area contributed by atoms with E-state index in [4.69, 9.17) is 10.5 Å². The van der Waals surface area contributed by atoms with Crippen LogP contribution in [0.4, 0.5) is 11.4 Å². The number of ether oxygens (including phenoxy) is 1. The number of carbonyl (C=O) groups excluding carboxylic acids is 4. The van der Waals surface area contributed by atoms with Crippen molar-refractivity contribution in [2.24, 2.45) is 17.6 Å². The molecule has 37 heavy (non-hydrogen) atoms. The molecule has 0 radical (unpaired) electrons. The molecule has 3 aliphatic carbocycles. The van der Waals surface area contributed by atoms with Gasteiger partial charge in [-0.2, -0.15) is 0 Å². The fourth-order valence-electron chi connectivity index (χ4n) is 6.25. The first-order valence-electron chi connectivity index (χ1n) is 11.7. The van der Waals surface area contributed by atoms with E-state index in [9.17, 15) is 34.5 Å². The molecule has 196 valence electrons. The Balaban J connectivity index is 1.75. The Hall–Kier alpha value is -3.90. The van der Waals surface area contributed by atoms with Gasteiger partial charge in [-0.15, -0.1) is 0 Å². The number of nitrogens with one attached hydrogen (secondary N) is 1. The fourth-order valence-corrected chi connectivity index (χ4v) is 6.25. The number of nitrogens with zero attached hydrogens (tertiary/aromatic N) is 2. The summed E-state index contributed by atoms with van der Waals surface area (Å²) >= 11 is 0. The first-order chi connectivity index (χ1) is 17.3. The molecular formula is C25H28N4O8. The lowest BCUT2D eigenvalue weighted by molar-refractivity contribution is -0.148. The normalized spacial score (nSPS) is 28.7. The highest BCUT2D eigenvalue weighted by molar-refractivity contribution is 6.25. The van der Waals surface area contributed by atoms with Crippen LogP contribution >= 0.6 is 0 Å². The number of aliphatic hydroxyl groups excluding tert-OH is 2. The first-order valence-corrected chi connectivity index (χ1v) is 11.7. The van der Waals surface area contributed by atoms with Gasteiger partial charge in [0.2, 0.25) is 5.78 Å². The summed E-state index contributed by atoms with van der Waals surface area (Å²) in [5, 5.41) is 36.7. The van der Waals surface area contributed by atoms with Crippen molar-refractivity contribution < 1.29 is 39.2 Å². The maximum Gasteiger partial charge on any atom is 0.262 e. The average Bonchev–Trinajstić information content (AvgIpc) is 2.80. The SMILES string of the molecule is CN(C)c1cc2c(c3c1CC1C[C@H]4C(N(C)C)C(O)=C(C(N)=O)C(=O)[C@@]4(O)C(O)=C1C3=O)OCC(=O)N2. The first kappa shape index (κ1) is 24.8. The van der Waals surface area contributed by atoms with E-state index in [0.717, 1.165) is 0 Å². The molecule has 0 aromatic heterocycles. The fraction of sp³-hybridized carbons (Fsp3) is 0.440. The van der Waals surface area contributed by atoms with Crippen molar-refractivity contribution in [1.29, 1.82) is 0 Å². The van der Waals surface area contributed by atoms with Crippen molar-refractivity contribution in [3.8, 4) is 5.75 Å². The number of hydrogen-bond acceptors (Lipinski definition) is 10. The van der Waals surface area contributed by atoms with E-state index in [0.29, 0.717) is 16.9 Å². The molecule has 4 aliphatic rings. The molecule has 1 aromatic rings. The van der Waals surface area contributed by atoms with E-state index in [1.54, 1.807) is 39.2 Å². The molecule has 0 saturated heterocycles. The maximum atomic E-state index is 14.0. The van der Waals surface area contributed by atoms with Gasteiger partial charge >= 0.3 is 0 Å². The van der Waals surface area contributed by atoms with Crippen LogP contribution in [0.25, 0.3) is 0 Å². The predicted octanol–water partition coefficient (Wildman–Crippen LogP) is -0.188. The van der Waals surface area contributed by atoms with Crippen LogP contribution in [0.3, 0.4) is 0 Å². The number of nitrogens with two attached hydrogens (primary N) is 1. The number of aliphatic hydroxyl groups is 3. The van der Waals surface area contributed by atoms with E-state index in [1.807, 2.05) is 0 Å². The minimum atomic E-state index is -2.65. The van der Waals surface area contributed by atoms with Crippen molar-refractivity contribution in [2.75, 3.05) is 45.0 Å². The summed E-state index contributed by atoms with van der Waals surface area (Å²) < 4.78 is 5.62. The summed E-state index contributed by atoms with van der Waals surface area (Å²) in [6.07, 6.45) is 0.306. The summed E-state index contributed by atoms with van der Waals surface area (Å²) in [5.41, 5.74) is 3.45. The number of fused-ring (bicyclic) bond motifs is 5. The van der Waals surface area contributed by atoms with Crippen LogP contribution in [-0.4, -0.2) is 90.0 Å². The second kappa shape index (κ2) is 8.05. The number of Topliss-reactive ketones (excluding diaryl/α,β-unsaturated/α-hetero) is 2. The van der Waals surface area contributed by atoms with Crippen molar-refractivity contribution in [3.05, 3.63) is 39.9 Å². The smallest absolute Gasteiger partial charge is 0.262 e. The largest absolute Gasteiger partial charge is 0.510 e. The van der Waals surface area contributed by atoms with Gasteiger partial charge in [-0.05, 0) is 44.5 Å². The Morgan fingerprint density at radius 1 is 1.19 bits per heavy atom. The number of allylic oxidation sites excluding steroid dienone is 1. The molecule has 12 heteroatoms. The van der Waals surface area contributed by atoms with Crippen molar-refractivity contribution in [1.82, 2.24) is 4.90 Å². The molecule has 1 aliphatic heterocycles. The molecule has 0 spiro atoms. The third-order valence-electron chi connectivity index (χ3n) is 7.78. The van der Waals surface area contributed by atoms with Crippen molar-refractivity contribution >= 4 is 34.8 Å². The lowest BCUT2D eigenvalue weighted by atomic mass is 9.58. The van der Waals surface area contributed by atoms with Gasteiger partial charge in [-0.1, -0.05) is 0 Å². The average molecular weight is 513 g/mol. The third-order valence-corrected chi connectivity index (χ3v) is 7.78. The Labute approximate surface area is 212 Å². The van der Waals surface area contributed by atoms with Crippen LogP contribution in [0.5, 0.6) is 5.75 Å². The molecule has 4 atom stereocenters. The van der Waals surface area contributed by atoms with Gasteiger partial charge in [0, 0.05) is 31.3 Å². The van der Waals surface area contributed by atoms with Gasteiger partial charge in [0.15, 0.2) is 23.7 Å². The molecular weight excluding hydrogens is 484 g/mol. The number of benzene rings is 1. The monoisotopic (exact) mass is 512 g/mol. The molecule has 6 N–H and O–H groups in total. The number of rotatable bonds is 3. The number of amides is 2. The second-order valence-electron chi connectivity index (χ2n) is 10.3. The van der Waals surface area contributed by atoms with E-state index < -0.39 is 58.0 Å². The molecule has 0 saturated carbocycles. The standard InChI is InChI=1S/C25H28N4O8/c1-28(2)13-7-12-21(37-8-14(30)27-12)16-10(13)5-9-6-11-18(29(3)4)20(32)17(24(26)35)23(34)25(11,36)22(33)15(9)19(16)31/h7,9,11,18,32-33,36H,5-6,8H2,1-4H3,(H2,26,35)(H,27,30)/t9?,11-,18?,25-/m0/s1. The summed E-state index contributed by atoms with van der Waals surface area (Å²) in [6.45, 7) is -0.302. The topological polar surface area (TPSA) is 183 Å². The predicted molar refractivity (Wildman–Crippen MR) is 130 cm³/mol. The lowest BCUT2D eigenvalue weighted by Crippen LogP contribution is -2.63. The van der Waals surface area contributed by atoms with Crippen LogP contribution in [-0.2, 0) is 20.8 Å². The van der Waals surface area contributed by atoms with Gasteiger partial charge in [0.25, 0.3) is 11.8 Å². The third kappa shape index (κ3) is 3.22. The molecule has 1 heterocycles. The molecule has 5 rings (SSSR count). The highest BCUT2D eigenvalue weighted by Crippen LogP contribution is 2.54. The van der Waals surface area contributed by atoms with Gasteiger partial charge < -0.3 is 36.0 Å². The second-order valence-corrected chi connectivity index (χ2v) is 10.3. The van der Waals surface area contributed by atoms with Crippen molar-refractivity contribution in [3.63, 3.8) is 0 Å². The van der Waals surface area contributed by atoms with Gasteiger partial charge in [-0.25, -0.2) is 0 Å². The van der Waals surface area contributed by atoms with E-state index in [1.165, 1.54) is 4.90 Å². The summed E-state index contributed by atoms with van der Waals surface area (Å²) in [7, 11) is 6.76. The number of anilines is 2. The van der Waals surface area contributed by atoms with Gasteiger partial charge in [-0.3, -0.25) is 24.1 Å². The molecule has 12 nitrogen and oxygen atoms in total. The Kier molecular flexibility index (Phi) is 5.39. The summed E-state index contributed by atoms with van der Waals surface area (Å²) in [5.74, 6) is -6.53. The van der Waals surface area contributed by atoms with E-state index >= 15 is 0 Å². The highest BCUT2D eigenvalue weighted by Gasteiger charge is 2.63. The number of hydrogen-bond donors (Lipinski definition) is 5. The van der Waals surface area contributed by atoms with Gasteiger partial charge in [0.1, 0.15) is 17.1 Å². The summed E-state index contributed by atoms with van der Waals surface area (Å²) in [6, 6.07) is 0.688. The minimum Gasteiger partial charge on any atom is -0.510 e. The van der Waals surface area contributed by atoms with Crippen LogP contribution in [0.1, 0.15) is 22.3 Å². The number of primary amides is 1. The molecule has 0 fully saturated rings. The van der Waals surface area contributed by atoms with Gasteiger partial charge in [0.05, 0.1) is 17.3 Å². The summed E-state index contributed by atoms with van der Waals surface area (Å²) in [4.78, 5) is 54.7. The van der Waals surface area contributed by atoms with Crippen LogP contribution < -0.4 is 20.7 Å². The highest BCUT2D eigenvalue weighted by atomic mass is 16.5.